The summed E-state index contributed by atoms with van der Waals surface area (Å²) in [5.74, 6) is -0.0987. The molecule has 110 valence electrons. The molecule has 1 saturated carbocycles. The SMILES string of the molecule is CCC1CCC(CC(O)c2ccccc2)(C(=O)O)CC1. The van der Waals surface area contributed by atoms with Crippen molar-refractivity contribution < 1.29 is 15.0 Å². The number of benzene rings is 1. The molecule has 2 N–H and O–H groups in total. The summed E-state index contributed by atoms with van der Waals surface area (Å²) < 4.78 is 0. The van der Waals surface area contributed by atoms with E-state index in [1.54, 1.807) is 0 Å². The Kier molecular flexibility index (Phi) is 4.81. The number of aliphatic carboxylic acids is 1. The van der Waals surface area contributed by atoms with Crippen molar-refractivity contribution >= 4 is 5.97 Å². The van der Waals surface area contributed by atoms with Crippen LogP contribution >= 0.6 is 0 Å². The Morgan fingerprint density at radius 1 is 1.30 bits per heavy atom. The average Bonchev–Trinajstić information content (AvgIpc) is 2.48. The average molecular weight is 276 g/mol. The molecule has 0 amide bonds. The molecule has 20 heavy (non-hydrogen) atoms. The second-order valence-electron chi connectivity index (χ2n) is 6.07. The second-order valence-corrected chi connectivity index (χ2v) is 6.07. The van der Waals surface area contributed by atoms with E-state index in [2.05, 4.69) is 6.92 Å². The zero-order valence-corrected chi connectivity index (χ0v) is 12.1. The molecule has 1 aliphatic rings. The molecule has 0 saturated heterocycles. The summed E-state index contributed by atoms with van der Waals surface area (Å²) in [5.41, 5.74) is 0.0618. The smallest absolute Gasteiger partial charge is 0.309 e. The maximum Gasteiger partial charge on any atom is 0.309 e. The summed E-state index contributed by atoms with van der Waals surface area (Å²) in [6.45, 7) is 2.16. The van der Waals surface area contributed by atoms with E-state index in [1.807, 2.05) is 30.3 Å². The number of carboxylic acids is 1. The van der Waals surface area contributed by atoms with Gasteiger partial charge in [-0.2, -0.15) is 0 Å². The molecule has 0 aliphatic heterocycles. The van der Waals surface area contributed by atoms with Crippen LogP contribution in [0.4, 0.5) is 0 Å². The molecule has 0 spiro atoms. The highest BCUT2D eigenvalue weighted by Gasteiger charge is 2.43. The van der Waals surface area contributed by atoms with Crippen LogP contribution in [0.25, 0.3) is 0 Å². The fraction of sp³-hybridized carbons (Fsp3) is 0.588. The predicted molar refractivity (Wildman–Crippen MR) is 78.3 cm³/mol. The molecule has 0 bridgehead atoms. The molecule has 1 aliphatic carbocycles. The minimum atomic E-state index is -0.749. The lowest BCUT2D eigenvalue weighted by molar-refractivity contribution is -0.154. The van der Waals surface area contributed by atoms with Crippen molar-refractivity contribution in [3.8, 4) is 0 Å². The molecule has 2 rings (SSSR count). The highest BCUT2D eigenvalue weighted by Crippen LogP contribution is 2.45. The molecule has 1 atom stereocenters. The normalized spacial score (nSPS) is 28.0. The maximum atomic E-state index is 11.7. The van der Waals surface area contributed by atoms with Gasteiger partial charge in [0, 0.05) is 0 Å². The van der Waals surface area contributed by atoms with Crippen molar-refractivity contribution in [2.45, 2.75) is 51.6 Å². The van der Waals surface area contributed by atoms with Gasteiger partial charge in [0.25, 0.3) is 0 Å². The monoisotopic (exact) mass is 276 g/mol. The lowest BCUT2D eigenvalue weighted by Gasteiger charge is -2.38. The third kappa shape index (κ3) is 3.21. The first-order valence-electron chi connectivity index (χ1n) is 7.54. The van der Waals surface area contributed by atoms with Crippen LogP contribution in [-0.4, -0.2) is 16.2 Å². The van der Waals surface area contributed by atoms with E-state index >= 15 is 0 Å². The molecule has 1 aromatic carbocycles. The van der Waals surface area contributed by atoms with Gasteiger partial charge in [0.2, 0.25) is 0 Å². The fourth-order valence-corrected chi connectivity index (χ4v) is 3.31. The molecule has 1 aromatic rings. The van der Waals surface area contributed by atoms with Crippen LogP contribution < -0.4 is 0 Å². The fourth-order valence-electron chi connectivity index (χ4n) is 3.31. The van der Waals surface area contributed by atoms with Gasteiger partial charge in [0.1, 0.15) is 0 Å². The molecule has 0 heterocycles. The summed E-state index contributed by atoms with van der Waals surface area (Å²) in [5, 5.41) is 20.0. The Labute approximate surface area is 120 Å². The molecular weight excluding hydrogens is 252 g/mol. The van der Waals surface area contributed by atoms with Gasteiger partial charge in [-0.05, 0) is 43.6 Å². The van der Waals surface area contributed by atoms with Gasteiger partial charge in [-0.3, -0.25) is 4.79 Å². The van der Waals surface area contributed by atoms with E-state index in [9.17, 15) is 15.0 Å². The van der Waals surface area contributed by atoms with Crippen LogP contribution in [0.3, 0.4) is 0 Å². The minimum absolute atomic E-state index is 0.322. The summed E-state index contributed by atoms with van der Waals surface area (Å²) in [4.78, 5) is 11.7. The van der Waals surface area contributed by atoms with Gasteiger partial charge >= 0.3 is 5.97 Å². The maximum absolute atomic E-state index is 11.7. The number of aliphatic hydroxyl groups excluding tert-OH is 1. The van der Waals surface area contributed by atoms with Crippen molar-refractivity contribution in [2.75, 3.05) is 0 Å². The second kappa shape index (κ2) is 6.40. The number of aliphatic hydroxyl groups is 1. The number of carboxylic acid groups (broad SMARTS) is 1. The first-order chi connectivity index (χ1) is 9.57. The highest BCUT2D eigenvalue weighted by molar-refractivity contribution is 5.74. The van der Waals surface area contributed by atoms with Crippen LogP contribution in [-0.2, 0) is 4.79 Å². The van der Waals surface area contributed by atoms with E-state index in [4.69, 9.17) is 0 Å². The van der Waals surface area contributed by atoms with Crippen molar-refractivity contribution in [1.82, 2.24) is 0 Å². The zero-order chi connectivity index (χ0) is 14.6. The van der Waals surface area contributed by atoms with Crippen LogP contribution in [0.1, 0.15) is 57.1 Å². The third-order valence-electron chi connectivity index (χ3n) is 4.86. The summed E-state index contributed by atoms with van der Waals surface area (Å²) >= 11 is 0. The topological polar surface area (TPSA) is 57.5 Å². The van der Waals surface area contributed by atoms with E-state index < -0.39 is 17.5 Å². The lowest BCUT2D eigenvalue weighted by atomic mass is 9.67. The first kappa shape index (κ1) is 15.0. The van der Waals surface area contributed by atoms with Crippen molar-refractivity contribution in [3.05, 3.63) is 35.9 Å². The standard InChI is InChI=1S/C17H24O3/c1-2-13-8-10-17(11-9-13,16(19)20)12-15(18)14-6-4-3-5-7-14/h3-7,13,15,18H,2,8-12H2,1H3,(H,19,20). The minimum Gasteiger partial charge on any atom is -0.481 e. The quantitative estimate of drug-likeness (QED) is 0.860. The third-order valence-corrected chi connectivity index (χ3v) is 4.86. The van der Waals surface area contributed by atoms with Crippen LogP contribution in [0.2, 0.25) is 0 Å². The molecule has 0 aromatic heterocycles. The number of hydrogen-bond donors (Lipinski definition) is 2. The van der Waals surface area contributed by atoms with Gasteiger partial charge in [-0.1, -0.05) is 43.7 Å². The van der Waals surface area contributed by atoms with Gasteiger partial charge in [0.15, 0.2) is 0 Å². The molecule has 3 heteroatoms. The Hall–Kier alpha value is -1.35. The Morgan fingerprint density at radius 3 is 2.40 bits per heavy atom. The largest absolute Gasteiger partial charge is 0.481 e. The molecule has 1 fully saturated rings. The van der Waals surface area contributed by atoms with Gasteiger partial charge in [-0.25, -0.2) is 0 Å². The number of hydrogen-bond acceptors (Lipinski definition) is 2. The number of carbonyl (C=O) groups is 1. The Bertz CT molecular complexity index is 433. The summed E-state index contributed by atoms with van der Waals surface area (Å²) in [6, 6.07) is 9.37. The van der Waals surface area contributed by atoms with Crippen molar-refractivity contribution in [2.24, 2.45) is 11.3 Å². The van der Waals surface area contributed by atoms with Crippen molar-refractivity contribution in [3.63, 3.8) is 0 Å². The number of rotatable bonds is 5. The van der Waals surface area contributed by atoms with E-state index in [0.717, 1.165) is 24.8 Å². The van der Waals surface area contributed by atoms with E-state index in [0.29, 0.717) is 25.2 Å². The van der Waals surface area contributed by atoms with Gasteiger partial charge in [-0.15, -0.1) is 0 Å². The summed E-state index contributed by atoms with van der Waals surface area (Å²) in [6.07, 6.45) is 4.05. The Morgan fingerprint density at radius 2 is 1.90 bits per heavy atom. The molecule has 1 unspecified atom stereocenters. The van der Waals surface area contributed by atoms with Gasteiger partial charge < -0.3 is 10.2 Å². The van der Waals surface area contributed by atoms with E-state index in [-0.39, 0.29) is 0 Å². The van der Waals surface area contributed by atoms with Crippen molar-refractivity contribution in [1.29, 1.82) is 0 Å². The van der Waals surface area contributed by atoms with Crippen LogP contribution in [0, 0.1) is 11.3 Å². The first-order valence-corrected chi connectivity index (χ1v) is 7.54. The zero-order valence-electron chi connectivity index (χ0n) is 12.1. The molecule has 0 radical (unpaired) electrons. The molecular formula is C17H24O3. The van der Waals surface area contributed by atoms with E-state index in [1.165, 1.54) is 0 Å². The van der Waals surface area contributed by atoms with Crippen LogP contribution in [0.15, 0.2) is 30.3 Å². The Balaban J connectivity index is 2.09. The van der Waals surface area contributed by atoms with Gasteiger partial charge in [0.05, 0.1) is 11.5 Å². The van der Waals surface area contributed by atoms with Crippen LogP contribution in [0.5, 0.6) is 0 Å². The highest BCUT2D eigenvalue weighted by atomic mass is 16.4. The lowest BCUT2D eigenvalue weighted by Crippen LogP contribution is -2.37. The molecule has 3 nitrogen and oxygen atoms in total. The predicted octanol–water partition coefficient (Wildman–Crippen LogP) is 3.78. The summed E-state index contributed by atoms with van der Waals surface area (Å²) in [7, 11) is 0.